The second kappa shape index (κ2) is 7.92. The third kappa shape index (κ3) is 5.85. The molecule has 0 saturated heterocycles. The molecule has 2 N–H and O–H groups in total. The van der Waals surface area contributed by atoms with E-state index in [0.29, 0.717) is 18.6 Å². The Morgan fingerprint density at radius 2 is 1.84 bits per heavy atom. The van der Waals surface area contributed by atoms with Crippen LogP contribution in [-0.4, -0.2) is 30.8 Å². The fraction of sp³-hybridized carbons (Fsp3) is 0.533. The van der Waals surface area contributed by atoms with Crippen LogP contribution < -0.4 is 5.32 Å². The van der Waals surface area contributed by atoms with Gasteiger partial charge in [-0.3, -0.25) is 4.79 Å². The fourth-order valence-electron chi connectivity index (χ4n) is 1.87. The van der Waals surface area contributed by atoms with E-state index in [4.69, 9.17) is 9.84 Å². The van der Waals surface area contributed by atoms with Crippen LogP contribution in [0.3, 0.4) is 0 Å². The zero-order valence-corrected chi connectivity index (χ0v) is 11.8. The molecule has 0 heterocycles. The highest BCUT2D eigenvalue weighted by Crippen LogP contribution is 2.07. The molecular weight excluding hydrogens is 242 g/mol. The van der Waals surface area contributed by atoms with Crippen molar-refractivity contribution in [1.29, 1.82) is 0 Å². The molecule has 106 valence electrons. The lowest BCUT2D eigenvalue weighted by Crippen LogP contribution is -2.37. The summed E-state index contributed by atoms with van der Waals surface area (Å²) in [4.78, 5) is 10.6. The summed E-state index contributed by atoms with van der Waals surface area (Å²) in [5.41, 5.74) is 1.98. The molecule has 4 nitrogen and oxygen atoms in total. The molecule has 0 amide bonds. The molecule has 1 unspecified atom stereocenters. The Bertz CT molecular complexity index is 387. The van der Waals surface area contributed by atoms with Crippen molar-refractivity contribution in [2.75, 3.05) is 13.7 Å². The Hall–Kier alpha value is -1.39. The fourth-order valence-corrected chi connectivity index (χ4v) is 1.87. The molecule has 1 aromatic rings. The smallest absolute Gasteiger partial charge is 0.307 e. The van der Waals surface area contributed by atoms with Gasteiger partial charge in [0.05, 0.1) is 13.0 Å². The maximum Gasteiger partial charge on any atom is 0.307 e. The molecule has 0 aliphatic heterocycles. The number of carboxylic acids is 1. The van der Waals surface area contributed by atoms with Crippen molar-refractivity contribution < 1.29 is 14.6 Å². The summed E-state index contributed by atoms with van der Waals surface area (Å²) in [6.07, 6.45) is 0.0754. The minimum absolute atomic E-state index is 0.0754. The van der Waals surface area contributed by atoms with E-state index in [2.05, 4.69) is 19.2 Å². The monoisotopic (exact) mass is 265 g/mol. The standard InChI is InChI=1S/C15H23NO3/c1-11(2)14(10-19-3)16-9-13-6-4-12(5-7-13)8-15(17)18/h4-7,11,14,16H,8-10H2,1-3H3,(H,17,18). The minimum Gasteiger partial charge on any atom is -0.481 e. The highest BCUT2D eigenvalue weighted by molar-refractivity contribution is 5.70. The van der Waals surface area contributed by atoms with Crippen molar-refractivity contribution in [1.82, 2.24) is 5.32 Å². The van der Waals surface area contributed by atoms with Gasteiger partial charge in [0, 0.05) is 19.7 Å². The first-order valence-electron chi connectivity index (χ1n) is 6.55. The van der Waals surface area contributed by atoms with E-state index in [1.807, 2.05) is 24.3 Å². The summed E-state index contributed by atoms with van der Waals surface area (Å²) >= 11 is 0. The van der Waals surface area contributed by atoms with Gasteiger partial charge in [0.15, 0.2) is 0 Å². The Labute approximate surface area is 114 Å². The van der Waals surface area contributed by atoms with Gasteiger partial charge in [-0.05, 0) is 17.0 Å². The number of hydrogen-bond acceptors (Lipinski definition) is 3. The van der Waals surface area contributed by atoms with Crippen molar-refractivity contribution in [3.8, 4) is 0 Å². The van der Waals surface area contributed by atoms with E-state index in [9.17, 15) is 4.79 Å². The molecule has 0 aromatic heterocycles. The first-order chi connectivity index (χ1) is 9.02. The molecule has 0 aliphatic carbocycles. The molecule has 0 bridgehead atoms. The number of carbonyl (C=O) groups is 1. The van der Waals surface area contributed by atoms with Gasteiger partial charge in [-0.2, -0.15) is 0 Å². The van der Waals surface area contributed by atoms with Crippen LogP contribution in [0, 0.1) is 5.92 Å². The molecule has 1 aromatic carbocycles. The number of nitrogens with one attached hydrogen (secondary N) is 1. The van der Waals surface area contributed by atoms with Gasteiger partial charge in [0.25, 0.3) is 0 Å². The average Bonchev–Trinajstić information content (AvgIpc) is 2.35. The van der Waals surface area contributed by atoms with Crippen molar-refractivity contribution in [2.24, 2.45) is 5.92 Å². The maximum atomic E-state index is 10.6. The van der Waals surface area contributed by atoms with E-state index >= 15 is 0 Å². The Balaban J connectivity index is 2.50. The Morgan fingerprint density at radius 3 is 2.32 bits per heavy atom. The first-order valence-corrected chi connectivity index (χ1v) is 6.55. The van der Waals surface area contributed by atoms with Gasteiger partial charge < -0.3 is 15.2 Å². The van der Waals surface area contributed by atoms with Crippen LogP contribution >= 0.6 is 0 Å². The normalized spacial score (nSPS) is 12.6. The van der Waals surface area contributed by atoms with Crippen LogP contribution in [-0.2, 0) is 22.5 Å². The Kier molecular flexibility index (Phi) is 6.53. The van der Waals surface area contributed by atoms with Gasteiger partial charge in [-0.15, -0.1) is 0 Å². The molecule has 1 rings (SSSR count). The highest BCUT2D eigenvalue weighted by atomic mass is 16.5. The van der Waals surface area contributed by atoms with Crippen molar-refractivity contribution in [3.05, 3.63) is 35.4 Å². The Morgan fingerprint density at radius 1 is 1.26 bits per heavy atom. The maximum absolute atomic E-state index is 10.6. The average molecular weight is 265 g/mol. The lowest BCUT2D eigenvalue weighted by atomic mass is 10.0. The summed E-state index contributed by atoms with van der Waals surface area (Å²) in [5, 5.41) is 12.2. The van der Waals surface area contributed by atoms with E-state index in [-0.39, 0.29) is 6.42 Å². The van der Waals surface area contributed by atoms with Gasteiger partial charge in [-0.25, -0.2) is 0 Å². The van der Waals surface area contributed by atoms with E-state index in [1.54, 1.807) is 7.11 Å². The lowest BCUT2D eigenvalue weighted by Gasteiger charge is -2.21. The van der Waals surface area contributed by atoms with Crippen molar-refractivity contribution >= 4 is 5.97 Å². The number of rotatable bonds is 8. The third-order valence-electron chi connectivity index (χ3n) is 3.10. The number of methoxy groups -OCH3 is 1. The lowest BCUT2D eigenvalue weighted by molar-refractivity contribution is -0.136. The van der Waals surface area contributed by atoms with Crippen molar-refractivity contribution in [3.63, 3.8) is 0 Å². The van der Waals surface area contributed by atoms with Crippen LogP contribution in [0.4, 0.5) is 0 Å². The SMILES string of the molecule is COCC(NCc1ccc(CC(=O)O)cc1)C(C)C. The van der Waals surface area contributed by atoms with E-state index < -0.39 is 5.97 Å². The predicted octanol–water partition coefficient (Wildman–Crippen LogP) is 2.07. The van der Waals surface area contributed by atoms with Crippen LogP contribution in [0.25, 0.3) is 0 Å². The molecule has 4 heteroatoms. The summed E-state index contributed by atoms with van der Waals surface area (Å²) in [6, 6.07) is 7.99. The molecule has 0 fully saturated rings. The molecule has 0 spiro atoms. The van der Waals surface area contributed by atoms with Gasteiger partial charge in [-0.1, -0.05) is 38.1 Å². The van der Waals surface area contributed by atoms with Gasteiger partial charge >= 0.3 is 5.97 Å². The molecule has 0 saturated carbocycles. The van der Waals surface area contributed by atoms with Gasteiger partial charge in [0.1, 0.15) is 0 Å². The predicted molar refractivity (Wildman–Crippen MR) is 75.1 cm³/mol. The molecule has 1 atom stereocenters. The van der Waals surface area contributed by atoms with Crippen molar-refractivity contribution in [2.45, 2.75) is 32.9 Å². The number of carboxylic acid groups (broad SMARTS) is 1. The summed E-state index contributed by atoms with van der Waals surface area (Å²) < 4.78 is 5.19. The first kappa shape index (κ1) is 15.7. The van der Waals surface area contributed by atoms with Crippen LogP contribution in [0.15, 0.2) is 24.3 Å². The number of hydrogen-bond donors (Lipinski definition) is 2. The second-order valence-electron chi connectivity index (χ2n) is 5.07. The molecule has 0 aliphatic rings. The number of ether oxygens (including phenoxy) is 1. The summed E-state index contributed by atoms with van der Waals surface area (Å²) in [7, 11) is 1.71. The molecule has 19 heavy (non-hydrogen) atoms. The van der Waals surface area contributed by atoms with Gasteiger partial charge in [0.2, 0.25) is 0 Å². The summed E-state index contributed by atoms with van der Waals surface area (Å²) in [6.45, 7) is 5.77. The topological polar surface area (TPSA) is 58.6 Å². The highest BCUT2D eigenvalue weighted by Gasteiger charge is 2.12. The zero-order chi connectivity index (χ0) is 14.3. The van der Waals surface area contributed by atoms with Crippen LogP contribution in [0.1, 0.15) is 25.0 Å². The third-order valence-corrected chi connectivity index (χ3v) is 3.10. The molecule has 0 radical (unpaired) electrons. The van der Waals surface area contributed by atoms with Crippen LogP contribution in [0.5, 0.6) is 0 Å². The molecular formula is C15H23NO3. The largest absolute Gasteiger partial charge is 0.481 e. The zero-order valence-electron chi connectivity index (χ0n) is 11.8. The van der Waals surface area contributed by atoms with E-state index in [0.717, 1.165) is 17.7 Å². The summed E-state index contributed by atoms with van der Waals surface area (Å²) in [5.74, 6) is -0.294. The number of aliphatic carboxylic acids is 1. The van der Waals surface area contributed by atoms with Crippen LogP contribution in [0.2, 0.25) is 0 Å². The minimum atomic E-state index is -0.800. The second-order valence-corrected chi connectivity index (χ2v) is 5.07. The number of benzene rings is 1. The quantitative estimate of drug-likeness (QED) is 0.755. The van der Waals surface area contributed by atoms with E-state index in [1.165, 1.54) is 0 Å².